The van der Waals surface area contributed by atoms with E-state index in [2.05, 4.69) is 20.0 Å². The predicted molar refractivity (Wildman–Crippen MR) is 86.9 cm³/mol. The van der Waals surface area contributed by atoms with Crippen LogP contribution in [0, 0.1) is 0 Å². The number of nitrogens with zero attached hydrogens (tertiary/aromatic N) is 5. The van der Waals surface area contributed by atoms with Gasteiger partial charge in [-0.15, -0.1) is 5.10 Å². The Labute approximate surface area is 156 Å². The minimum Gasteiger partial charge on any atom is -0.464 e. The molecule has 9 nitrogen and oxygen atoms in total. The molecule has 0 aliphatic carbocycles. The predicted octanol–water partition coefficient (Wildman–Crippen LogP) is 0.823. The maximum atomic E-state index is 12.8. The topological polar surface area (TPSA) is 110 Å². The van der Waals surface area contributed by atoms with Crippen molar-refractivity contribution in [2.24, 2.45) is 0 Å². The highest BCUT2D eigenvalue weighted by Crippen LogP contribution is 2.34. The Kier molecular flexibility index (Phi) is 4.83. The van der Waals surface area contributed by atoms with Crippen molar-refractivity contribution in [2.45, 2.75) is 24.7 Å². The van der Waals surface area contributed by atoms with Gasteiger partial charge in [-0.2, -0.15) is 13.2 Å². The van der Waals surface area contributed by atoms with Gasteiger partial charge < -0.3 is 14.7 Å². The summed E-state index contributed by atoms with van der Waals surface area (Å²) in [5.74, 6) is -2.02. The average molecular weight is 399 g/mol. The summed E-state index contributed by atoms with van der Waals surface area (Å²) in [6, 6.07) is 4.29. The Morgan fingerprint density at radius 3 is 2.54 bits per heavy atom. The van der Waals surface area contributed by atoms with E-state index in [1.807, 2.05) is 0 Å². The van der Waals surface area contributed by atoms with Crippen molar-refractivity contribution in [1.29, 1.82) is 0 Å². The number of rotatable bonds is 4. The van der Waals surface area contributed by atoms with E-state index in [0.29, 0.717) is 18.3 Å². The summed E-state index contributed by atoms with van der Waals surface area (Å²) in [6.07, 6.45) is -3.55. The van der Waals surface area contributed by atoms with Gasteiger partial charge in [-0.25, -0.2) is 14.5 Å². The second-order valence-electron chi connectivity index (χ2n) is 6.42. The van der Waals surface area contributed by atoms with Crippen LogP contribution in [0.1, 0.15) is 23.5 Å². The number of esters is 1. The maximum Gasteiger partial charge on any atom is 0.426 e. The van der Waals surface area contributed by atoms with E-state index in [9.17, 15) is 27.9 Å². The molecule has 0 bridgehead atoms. The Bertz CT molecular complexity index is 906. The number of alkyl halides is 3. The highest BCUT2D eigenvalue weighted by Gasteiger charge is 2.58. The Morgan fingerprint density at radius 2 is 1.93 bits per heavy atom. The van der Waals surface area contributed by atoms with Crippen molar-refractivity contribution in [3.63, 3.8) is 0 Å². The maximum absolute atomic E-state index is 12.8. The van der Waals surface area contributed by atoms with Crippen LogP contribution in [-0.4, -0.2) is 73.8 Å². The normalized spacial score (nSPS) is 17.0. The molecule has 2 aromatic rings. The van der Waals surface area contributed by atoms with Crippen LogP contribution in [0.3, 0.4) is 0 Å². The molecule has 150 valence electrons. The lowest BCUT2D eigenvalue weighted by molar-refractivity contribution is -0.252. The third kappa shape index (κ3) is 3.42. The molecule has 2 aromatic heterocycles. The minimum absolute atomic E-state index is 0.0521. The number of ether oxygens (including phenoxy) is 1. The number of aromatic nitrogens is 4. The van der Waals surface area contributed by atoms with Gasteiger partial charge in [0.15, 0.2) is 0 Å². The summed E-state index contributed by atoms with van der Waals surface area (Å²) in [5.41, 5.74) is -2.65. The molecule has 0 aromatic carbocycles. The van der Waals surface area contributed by atoms with Gasteiger partial charge in [0.2, 0.25) is 5.60 Å². The molecule has 1 unspecified atom stereocenters. The number of carbonyl (C=O) groups excluding carboxylic acids is 2. The number of amides is 1. The zero-order chi connectivity index (χ0) is 20.7. The molecular formula is C16H16F3N5O4. The lowest BCUT2D eigenvalue weighted by Crippen LogP contribution is -2.62. The molecular weight excluding hydrogens is 383 g/mol. The molecule has 1 N–H and O–H groups in total. The van der Waals surface area contributed by atoms with E-state index in [-0.39, 0.29) is 18.8 Å². The van der Waals surface area contributed by atoms with Crippen molar-refractivity contribution >= 4 is 11.9 Å². The summed E-state index contributed by atoms with van der Waals surface area (Å²) < 4.78 is 44.3. The highest BCUT2D eigenvalue weighted by atomic mass is 19.4. The molecule has 12 heteroatoms. The van der Waals surface area contributed by atoms with Crippen molar-refractivity contribution in [3.05, 3.63) is 30.1 Å². The molecule has 3 heterocycles. The quantitative estimate of drug-likeness (QED) is 0.758. The molecule has 0 radical (unpaired) electrons. The Balaban J connectivity index is 1.69. The smallest absolute Gasteiger partial charge is 0.426 e. The zero-order valence-corrected chi connectivity index (χ0v) is 14.8. The molecule has 1 aliphatic heterocycles. The van der Waals surface area contributed by atoms with Gasteiger partial charge in [-0.3, -0.25) is 4.79 Å². The summed E-state index contributed by atoms with van der Waals surface area (Å²) in [7, 11) is 1.23. The van der Waals surface area contributed by atoms with Gasteiger partial charge >= 0.3 is 12.1 Å². The summed E-state index contributed by atoms with van der Waals surface area (Å²) >= 11 is 0. The lowest BCUT2D eigenvalue weighted by atomic mass is 10.00. The van der Waals surface area contributed by atoms with Crippen LogP contribution in [0.15, 0.2) is 24.4 Å². The van der Waals surface area contributed by atoms with E-state index < -0.39 is 29.7 Å². The lowest BCUT2D eigenvalue weighted by Gasteiger charge is -2.42. The fourth-order valence-corrected chi connectivity index (χ4v) is 2.59. The summed E-state index contributed by atoms with van der Waals surface area (Å²) in [5, 5.41) is 17.3. The van der Waals surface area contributed by atoms with E-state index >= 15 is 0 Å². The van der Waals surface area contributed by atoms with Gasteiger partial charge in [0.05, 0.1) is 25.0 Å². The number of aliphatic hydroxyl groups is 1. The van der Waals surface area contributed by atoms with Gasteiger partial charge in [0, 0.05) is 13.1 Å². The summed E-state index contributed by atoms with van der Waals surface area (Å²) in [6.45, 7) is 0.323. The fraction of sp³-hybridized carbons (Fsp3) is 0.438. The molecule has 0 spiro atoms. The molecule has 1 amide bonds. The van der Waals surface area contributed by atoms with E-state index in [1.165, 1.54) is 24.1 Å². The highest BCUT2D eigenvalue weighted by molar-refractivity contribution is 5.87. The van der Waals surface area contributed by atoms with Crippen LogP contribution in [0.25, 0.3) is 11.4 Å². The van der Waals surface area contributed by atoms with E-state index in [4.69, 9.17) is 0 Å². The molecule has 1 saturated heterocycles. The molecule has 1 fully saturated rings. The minimum atomic E-state index is -5.06. The Hall–Kier alpha value is -3.02. The number of carbonyl (C=O) groups is 2. The van der Waals surface area contributed by atoms with Crippen LogP contribution in [-0.2, 0) is 9.53 Å². The van der Waals surface area contributed by atoms with Crippen LogP contribution >= 0.6 is 0 Å². The number of halogens is 3. The van der Waals surface area contributed by atoms with Crippen molar-refractivity contribution in [2.75, 3.05) is 20.2 Å². The fourth-order valence-electron chi connectivity index (χ4n) is 2.59. The second-order valence-corrected chi connectivity index (χ2v) is 6.42. The third-order valence-corrected chi connectivity index (χ3v) is 4.41. The molecule has 28 heavy (non-hydrogen) atoms. The number of methoxy groups -OCH3 is 1. The van der Waals surface area contributed by atoms with Gasteiger partial charge in [0.1, 0.15) is 11.4 Å². The number of hydrogen-bond acceptors (Lipinski definition) is 7. The first kappa shape index (κ1) is 19.7. The SMILES string of the molecule is COC(=O)c1cccc(-c2cn(C3CN(C(=O)C(C)(O)C(F)(F)F)C3)nn2)n1. The van der Waals surface area contributed by atoms with Crippen LogP contribution in [0.4, 0.5) is 13.2 Å². The standard InChI is InChI=1S/C16H16F3N5O4/c1-15(27,16(17,18)19)14(26)23-6-9(7-23)24-8-12(21-22-24)10-4-3-5-11(20-10)13(25)28-2/h3-5,8-9,27H,6-7H2,1-2H3. The zero-order valence-electron chi connectivity index (χ0n) is 14.8. The Morgan fingerprint density at radius 1 is 1.25 bits per heavy atom. The first-order chi connectivity index (χ1) is 13.0. The van der Waals surface area contributed by atoms with Crippen LogP contribution < -0.4 is 0 Å². The van der Waals surface area contributed by atoms with Crippen LogP contribution in [0.2, 0.25) is 0 Å². The van der Waals surface area contributed by atoms with E-state index in [1.54, 1.807) is 12.1 Å². The monoisotopic (exact) mass is 399 g/mol. The van der Waals surface area contributed by atoms with E-state index in [0.717, 1.165) is 4.90 Å². The first-order valence-corrected chi connectivity index (χ1v) is 8.10. The van der Waals surface area contributed by atoms with Crippen molar-refractivity contribution in [1.82, 2.24) is 24.9 Å². The largest absolute Gasteiger partial charge is 0.464 e. The average Bonchev–Trinajstić information content (AvgIpc) is 3.08. The van der Waals surface area contributed by atoms with Gasteiger partial charge in [-0.1, -0.05) is 11.3 Å². The summed E-state index contributed by atoms with van der Waals surface area (Å²) in [4.78, 5) is 28.5. The number of hydrogen-bond donors (Lipinski definition) is 1. The molecule has 1 aliphatic rings. The van der Waals surface area contributed by atoms with Crippen LogP contribution in [0.5, 0.6) is 0 Å². The first-order valence-electron chi connectivity index (χ1n) is 8.10. The number of pyridine rings is 1. The molecule has 1 atom stereocenters. The third-order valence-electron chi connectivity index (χ3n) is 4.41. The molecule has 0 saturated carbocycles. The molecule has 3 rings (SSSR count). The second kappa shape index (κ2) is 6.86. The van der Waals surface area contributed by atoms with Crippen molar-refractivity contribution in [3.8, 4) is 11.4 Å². The number of likely N-dealkylation sites (tertiary alicyclic amines) is 1. The van der Waals surface area contributed by atoms with Gasteiger partial charge in [-0.05, 0) is 19.1 Å². The van der Waals surface area contributed by atoms with Crippen molar-refractivity contribution < 1.29 is 32.6 Å². The van der Waals surface area contributed by atoms with Gasteiger partial charge in [0.25, 0.3) is 5.91 Å².